The van der Waals surface area contributed by atoms with E-state index in [1.165, 1.54) is 0 Å². The Morgan fingerprint density at radius 3 is 2.24 bits per heavy atom. The summed E-state index contributed by atoms with van der Waals surface area (Å²) in [6, 6.07) is 1.30. The van der Waals surface area contributed by atoms with Crippen molar-refractivity contribution in [3.8, 4) is 6.07 Å². The van der Waals surface area contributed by atoms with Gasteiger partial charge in [-0.05, 0) is 26.7 Å². The molecule has 0 saturated carbocycles. The molecule has 0 aliphatic carbocycles. The molecule has 0 aromatic rings. The Balaban J connectivity index is 4.63. The first-order valence-corrected chi connectivity index (χ1v) is 5.86. The molecule has 0 aliphatic rings. The van der Waals surface area contributed by atoms with Crippen molar-refractivity contribution >= 4 is 11.9 Å². The Labute approximate surface area is 102 Å². The van der Waals surface area contributed by atoms with Gasteiger partial charge in [0, 0.05) is 0 Å². The minimum atomic E-state index is -1.05. The van der Waals surface area contributed by atoms with Crippen LogP contribution >= 0.6 is 0 Å². The van der Waals surface area contributed by atoms with Gasteiger partial charge in [-0.15, -0.1) is 0 Å². The summed E-state index contributed by atoms with van der Waals surface area (Å²) in [5.41, 5.74) is -1.05. The molecule has 0 aliphatic heterocycles. The van der Waals surface area contributed by atoms with Gasteiger partial charge in [0.25, 0.3) is 0 Å². The van der Waals surface area contributed by atoms with Crippen molar-refractivity contribution in [1.29, 1.82) is 5.26 Å². The minimum Gasteiger partial charge on any atom is -0.464 e. The van der Waals surface area contributed by atoms with Crippen molar-refractivity contribution < 1.29 is 14.3 Å². The van der Waals surface area contributed by atoms with Gasteiger partial charge in [-0.25, -0.2) is 4.79 Å². The van der Waals surface area contributed by atoms with Crippen LogP contribution in [0.3, 0.4) is 0 Å². The quantitative estimate of drug-likeness (QED) is 0.711. The summed E-state index contributed by atoms with van der Waals surface area (Å²) in [5, 5.41) is 11.6. The number of nitriles is 1. The molecule has 96 valence electrons. The molecule has 0 aromatic carbocycles. The fourth-order valence-corrected chi connectivity index (χ4v) is 1.44. The van der Waals surface area contributed by atoms with Crippen LogP contribution < -0.4 is 5.32 Å². The standard InChI is InChI=1S/C12H20N2O3/c1-5-12(6-2,8-13)11(16)14-9(4)10(15)17-7-3/h9H,5-7H2,1-4H3,(H,14,16). The van der Waals surface area contributed by atoms with Gasteiger partial charge in [-0.1, -0.05) is 13.8 Å². The van der Waals surface area contributed by atoms with Gasteiger partial charge in [-0.3, -0.25) is 4.79 Å². The Morgan fingerprint density at radius 2 is 1.88 bits per heavy atom. The minimum absolute atomic E-state index is 0.268. The SMILES string of the molecule is CCOC(=O)C(C)NC(=O)C(C#N)(CC)CC. The summed E-state index contributed by atoms with van der Waals surface area (Å²) in [7, 11) is 0. The average molecular weight is 240 g/mol. The fourth-order valence-electron chi connectivity index (χ4n) is 1.44. The molecule has 0 radical (unpaired) electrons. The zero-order valence-corrected chi connectivity index (χ0v) is 10.9. The molecule has 5 nitrogen and oxygen atoms in total. The highest BCUT2D eigenvalue weighted by Crippen LogP contribution is 2.25. The van der Waals surface area contributed by atoms with Crippen molar-refractivity contribution in [2.24, 2.45) is 5.41 Å². The molecule has 0 fully saturated rings. The zero-order valence-electron chi connectivity index (χ0n) is 10.9. The summed E-state index contributed by atoms with van der Waals surface area (Å²) in [6.45, 7) is 7.07. The van der Waals surface area contributed by atoms with E-state index in [0.717, 1.165) is 0 Å². The van der Waals surface area contributed by atoms with Crippen molar-refractivity contribution in [3.05, 3.63) is 0 Å². The third-order valence-corrected chi connectivity index (χ3v) is 2.84. The van der Waals surface area contributed by atoms with E-state index in [1.54, 1.807) is 27.7 Å². The third kappa shape index (κ3) is 3.74. The molecule has 17 heavy (non-hydrogen) atoms. The number of amides is 1. The maximum Gasteiger partial charge on any atom is 0.328 e. The van der Waals surface area contributed by atoms with E-state index in [1.807, 2.05) is 6.07 Å². The second kappa shape index (κ2) is 6.89. The maximum absolute atomic E-state index is 11.9. The van der Waals surface area contributed by atoms with Crippen molar-refractivity contribution in [3.63, 3.8) is 0 Å². The van der Waals surface area contributed by atoms with Gasteiger partial charge in [-0.2, -0.15) is 5.26 Å². The molecule has 1 N–H and O–H groups in total. The second-order valence-electron chi connectivity index (χ2n) is 3.85. The van der Waals surface area contributed by atoms with E-state index in [9.17, 15) is 9.59 Å². The smallest absolute Gasteiger partial charge is 0.328 e. The molecule has 1 unspecified atom stereocenters. The topological polar surface area (TPSA) is 79.2 Å². The van der Waals surface area contributed by atoms with Gasteiger partial charge in [0.1, 0.15) is 11.5 Å². The van der Waals surface area contributed by atoms with Crippen LogP contribution in [0.1, 0.15) is 40.5 Å². The lowest BCUT2D eigenvalue weighted by Gasteiger charge is -2.24. The molecule has 0 aromatic heterocycles. The lowest BCUT2D eigenvalue weighted by Crippen LogP contribution is -2.47. The number of carbonyl (C=O) groups excluding carboxylic acids is 2. The van der Waals surface area contributed by atoms with Crippen molar-refractivity contribution in [2.45, 2.75) is 46.6 Å². The molecule has 1 amide bonds. The number of hydrogen-bond donors (Lipinski definition) is 1. The summed E-state index contributed by atoms with van der Waals surface area (Å²) < 4.78 is 4.78. The Bertz CT molecular complexity index is 316. The molecule has 0 saturated heterocycles. The van der Waals surface area contributed by atoms with Crippen LogP contribution in [0.15, 0.2) is 0 Å². The lowest BCUT2D eigenvalue weighted by atomic mass is 9.83. The highest BCUT2D eigenvalue weighted by Gasteiger charge is 2.36. The van der Waals surface area contributed by atoms with E-state index in [-0.39, 0.29) is 6.61 Å². The predicted molar refractivity (Wildman–Crippen MR) is 62.9 cm³/mol. The number of ether oxygens (including phenoxy) is 1. The molecule has 0 bridgehead atoms. The zero-order chi connectivity index (χ0) is 13.5. The highest BCUT2D eigenvalue weighted by molar-refractivity contribution is 5.89. The number of nitrogens with one attached hydrogen (secondary N) is 1. The highest BCUT2D eigenvalue weighted by atomic mass is 16.5. The van der Waals surface area contributed by atoms with Crippen molar-refractivity contribution in [2.75, 3.05) is 6.61 Å². The largest absolute Gasteiger partial charge is 0.464 e. The number of hydrogen-bond acceptors (Lipinski definition) is 4. The van der Waals surface area contributed by atoms with Crippen LogP contribution in [-0.2, 0) is 14.3 Å². The van der Waals surface area contributed by atoms with Crippen LogP contribution in [-0.4, -0.2) is 24.5 Å². The first-order chi connectivity index (χ1) is 7.97. The van der Waals surface area contributed by atoms with Gasteiger partial charge < -0.3 is 10.1 Å². The maximum atomic E-state index is 11.9. The van der Waals surface area contributed by atoms with Crippen LogP contribution in [0, 0.1) is 16.7 Å². The first-order valence-electron chi connectivity index (χ1n) is 5.86. The number of esters is 1. The molecule has 0 heterocycles. The Morgan fingerprint density at radius 1 is 1.35 bits per heavy atom. The van der Waals surface area contributed by atoms with Crippen LogP contribution in [0.2, 0.25) is 0 Å². The second-order valence-corrected chi connectivity index (χ2v) is 3.85. The van der Waals surface area contributed by atoms with Crippen LogP contribution in [0.25, 0.3) is 0 Å². The number of carbonyl (C=O) groups is 2. The number of nitrogens with zero attached hydrogens (tertiary/aromatic N) is 1. The molecular formula is C12H20N2O3. The number of rotatable bonds is 6. The van der Waals surface area contributed by atoms with E-state index < -0.39 is 23.3 Å². The monoisotopic (exact) mass is 240 g/mol. The van der Waals surface area contributed by atoms with Crippen LogP contribution in [0.4, 0.5) is 0 Å². The third-order valence-electron chi connectivity index (χ3n) is 2.84. The van der Waals surface area contributed by atoms with Crippen LogP contribution in [0.5, 0.6) is 0 Å². The first kappa shape index (κ1) is 15.4. The Kier molecular flexibility index (Phi) is 6.26. The molecule has 0 rings (SSSR count). The summed E-state index contributed by atoms with van der Waals surface area (Å²) in [4.78, 5) is 23.3. The van der Waals surface area contributed by atoms with E-state index in [0.29, 0.717) is 12.8 Å². The van der Waals surface area contributed by atoms with E-state index in [2.05, 4.69) is 5.32 Å². The van der Waals surface area contributed by atoms with Gasteiger partial charge in [0.15, 0.2) is 0 Å². The van der Waals surface area contributed by atoms with Gasteiger partial charge in [0.05, 0.1) is 12.7 Å². The molecule has 1 atom stereocenters. The summed E-state index contributed by atoms with van der Waals surface area (Å²) in [6.07, 6.45) is 0.836. The fraction of sp³-hybridized carbons (Fsp3) is 0.750. The summed E-state index contributed by atoms with van der Waals surface area (Å²) >= 11 is 0. The normalized spacial score (nSPS) is 12.4. The van der Waals surface area contributed by atoms with Crippen molar-refractivity contribution in [1.82, 2.24) is 5.32 Å². The van der Waals surface area contributed by atoms with Gasteiger partial charge >= 0.3 is 5.97 Å². The lowest BCUT2D eigenvalue weighted by molar-refractivity contribution is -0.147. The van der Waals surface area contributed by atoms with E-state index in [4.69, 9.17) is 10.00 Å². The molecular weight excluding hydrogens is 220 g/mol. The summed E-state index contributed by atoms with van der Waals surface area (Å²) in [5.74, 6) is -0.898. The molecule has 5 heteroatoms. The predicted octanol–water partition coefficient (Wildman–Crippen LogP) is 1.38. The molecule has 0 spiro atoms. The van der Waals surface area contributed by atoms with E-state index >= 15 is 0 Å². The van der Waals surface area contributed by atoms with Gasteiger partial charge in [0.2, 0.25) is 5.91 Å². The Hall–Kier alpha value is -1.57. The average Bonchev–Trinajstić information content (AvgIpc) is 2.32.